The van der Waals surface area contributed by atoms with Crippen LogP contribution in [0.5, 0.6) is 0 Å². The normalized spacial score (nSPS) is 14.4. The maximum atomic E-state index is 12.4. The number of carboxylic acids is 1. The lowest BCUT2D eigenvalue weighted by Crippen LogP contribution is -2.18. The highest BCUT2D eigenvalue weighted by atomic mass is 16.4. The first-order chi connectivity index (χ1) is 8.68. The Balaban J connectivity index is 2.43. The molecular formula is C14H12O4. The van der Waals surface area contributed by atoms with Gasteiger partial charge in [-0.1, -0.05) is 6.07 Å². The van der Waals surface area contributed by atoms with Crippen molar-refractivity contribution in [2.75, 3.05) is 0 Å². The fourth-order valence-electron chi connectivity index (χ4n) is 2.54. The van der Waals surface area contributed by atoms with E-state index in [0.29, 0.717) is 17.6 Å². The third-order valence-corrected chi connectivity index (χ3v) is 3.41. The Labute approximate surface area is 103 Å². The van der Waals surface area contributed by atoms with E-state index in [1.165, 1.54) is 6.07 Å². The number of rotatable bonds is 1. The molecule has 0 spiro atoms. The SMILES string of the molecule is O=C(O)c1cccc2oc3c(c(=O)c12)CCCC3. The van der Waals surface area contributed by atoms with Gasteiger partial charge in [-0.05, 0) is 31.4 Å². The van der Waals surface area contributed by atoms with Crippen LogP contribution in [0.1, 0.15) is 34.5 Å². The maximum absolute atomic E-state index is 12.4. The summed E-state index contributed by atoms with van der Waals surface area (Å²) in [4.78, 5) is 23.5. The van der Waals surface area contributed by atoms with Crippen molar-refractivity contribution in [1.29, 1.82) is 0 Å². The van der Waals surface area contributed by atoms with Crippen LogP contribution < -0.4 is 5.43 Å². The first-order valence-electron chi connectivity index (χ1n) is 5.99. The molecule has 0 unspecified atom stereocenters. The predicted octanol–water partition coefficient (Wildman–Crippen LogP) is 2.37. The Bertz CT molecular complexity index is 697. The van der Waals surface area contributed by atoms with E-state index in [-0.39, 0.29) is 16.4 Å². The van der Waals surface area contributed by atoms with E-state index >= 15 is 0 Å². The van der Waals surface area contributed by atoms with Crippen LogP contribution in [0.15, 0.2) is 27.4 Å². The molecule has 0 amide bonds. The van der Waals surface area contributed by atoms with Gasteiger partial charge in [0.15, 0.2) is 5.43 Å². The van der Waals surface area contributed by atoms with Gasteiger partial charge in [0.05, 0.1) is 10.9 Å². The second kappa shape index (κ2) is 3.98. The highest BCUT2D eigenvalue weighted by Crippen LogP contribution is 2.24. The topological polar surface area (TPSA) is 67.5 Å². The summed E-state index contributed by atoms with van der Waals surface area (Å²) in [5.74, 6) is -0.370. The quantitative estimate of drug-likeness (QED) is 0.836. The molecule has 1 aromatic carbocycles. The number of aromatic carboxylic acids is 1. The van der Waals surface area contributed by atoms with Gasteiger partial charge in [-0.25, -0.2) is 4.79 Å². The van der Waals surface area contributed by atoms with E-state index in [4.69, 9.17) is 9.52 Å². The van der Waals surface area contributed by atoms with Crippen LogP contribution in [0.3, 0.4) is 0 Å². The molecule has 1 aromatic heterocycles. The zero-order chi connectivity index (χ0) is 12.7. The lowest BCUT2D eigenvalue weighted by Gasteiger charge is -2.14. The van der Waals surface area contributed by atoms with Crippen molar-refractivity contribution in [2.45, 2.75) is 25.7 Å². The number of benzene rings is 1. The molecule has 0 fully saturated rings. The number of carboxylic acid groups (broad SMARTS) is 1. The summed E-state index contributed by atoms with van der Waals surface area (Å²) in [6, 6.07) is 4.69. The maximum Gasteiger partial charge on any atom is 0.336 e. The van der Waals surface area contributed by atoms with Crippen LogP contribution >= 0.6 is 0 Å². The monoisotopic (exact) mass is 244 g/mol. The molecular weight excluding hydrogens is 232 g/mol. The van der Waals surface area contributed by atoms with Crippen LogP contribution in [0.25, 0.3) is 11.0 Å². The van der Waals surface area contributed by atoms with Gasteiger partial charge in [0, 0.05) is 12.0 Å². The Morgan fingerprint density at radius 2 is 2.00 bits per heavy atom. The summed E-state index contributed by atoms with van der Waals surface area (Å²) < 4.78 is 5.69. The number of carbonyl (C=O) groups is 1. The van der Waals surface area contributed by atoms with Crippen molar-refractivity contribution < 1.29 is 14.3 Å². The molecule has 2 aromatic rings. The minimum absolute atomic E-state index is 0.0228. The molecule has 18 heavy (non-hydrogen) atoms. The van der Waals surface area contributed by atoms with Gasteiger partial charge >= 0.3 is 5.97 Å². The molecule has 3 rings (SSSR count). The van der Waals surface area contributed by atoms with Gasteiger partial charge in [-0.2, -0.15) is 0 Å². The largest absolute Gasteiger partial charge is 0.478 e. The van der Waals surface area contributed by atoms with Crippen LogP contribution in [0.2, 0.25) is 0 Å². The van der Waals surface area contributed by atoms with Crippen molar-refractivity contribution in [1.82, 2.24) is 0 Å². The van der Waals surface area contributed by atoms with Crippen LogP contribution in [0.4, 0.5) is 0 Å². The van der Waals surface area contributed by atoms with Crippen molar-refractivity contribution in [3.05, 3.63) is 45.3 Å². The van der Waals surface area contributed by atoms with Crippen molar-refractivity contribution in [2.24, 2.45) is 0 Å². The number of hydrogen-bond acceptors (Lipinski definition) is 3. The zero-order valence-electron chi connectivity index (χ0n) is 9.73. The van der Waals surface area contributed by atoms with Crippen molar-refractivity contribution in [3.8, 4) is 0 Å². The molecule has 0 radical (unpaired) electrons. The second-order valence-electron chi connectivity index (χ2n) is 4.52. The number of aryl methyl sites for hydroxylation is 1. The Morgan fingerprint density at radius 1 is 1.22 bits per heavy atom. The first kappa shape index (κ1) is 11.0. The molecule has 0 saturated carbocycles. The fraction of sp³-hybridized carbons (Fsp3) is 0.286. The van der Waals surface area contributed by atoms with E-state index in [9.17, 15) is 9.59 Å². The molecule has 4 nitrogen and oxygen atoms in total. The molecule has 92 valence electrons. The third kappa shape index (κ3) is 1.53. The van der Waals surface area contributed by atoms with Crippen molar-refractivity contribution in [3.63, 3.8) is 0 Å². The number of hydrogen-bond donors (Lipinski definition) is 1. The van der Waals surface area contributed by atoms with E-state index in [1.54, 1.807) is 12.1 Å². The first-order valence-corrected chi connectivity index (χ1v) is 5.99. The summed E-state index contributed by atoms with van der Waals surface area (Å²) in [5, 5.41) is 9.33. The van der Waals surface area contributed by atoms with Gasteiger partial charge < -0.3 is 9.52 Å². The summed E-state index contributed by atoms with van der Waals surface area (Å²) in [5.41, 5.74) is 0.876. The van der Waals surface area contributed by atoms with Crippen LogP contribution in [-0.2, 0) is 12.8 Å². The molecule has 0 atom stereocenters. The molecule has 4 heteroatoms. The lowest BCUT2D eigenvalue weighted by atomic mass is 9.94. The lowest BCUT2D eigenvalue weighted by molar-refractivity contribution is 0.0699. The van der Waals surface area contributed by atoms with E-state index in [2.05, 4.69) is 0 Å². The standard InChI is InChI=1S/C14H12O4/c15-13-8-4-1-2-6-10(8)18-11-7-3-5-9(12(11)13)14(16)17/h3,5,7H,1-2,4,6H2,(H,16,17). The smallest absolute Gasteiger partial charge is 0.336 e. The Hall–Kier alpha value is -2.10. The third-order valence-electron chi connectivity index (χ3n) is 3.41. The Kier molecular flexibility index (Phi) is 2.44. The highest BCUT2D eigenvalue weighted by Gasteiger charge is 2.20. The molecule has 0 bridgehead atoms. The van der Waals surface area contributed by atoms with Crippen LogP contribution in [-0.4, -0.2) is 11.1 Å². The molecule has 1 N–H and O–H groups in total. The van der Waals surface area contributed by atoms with E-state index in [1.807, 2.05) is 0 Å². The summed E-state index contributed by atoms with van der Waals surface area (Å²) in [7, 11) is 0. The molecule has 1 heterocycles. The van der Waals surface area contributed by atoms with E-state index in [0.717, 1.165) is 25.0 Å². The fourth-order valence-corrected chi connectivity index (χ4v) is 2.54. The molecule has 1 aliphatic rings. The zero-order valence-corrected chi connectivity index (χ0v) is 9.73. The highest BCUT2D eigenvalue weighted by molar-refractivity contribution is 6.02. The predicted molar refractivity (Wildman–Crippen MR) is 66.1 cm³/mol. The molecule has 0 saturated heterocycles. The summed E-state index contributed by atoms with van der Waals surface area (Å²) in [6.45, 7) is 0. The van der Waals surface area contributed by atoms with Gasteiger partial charge in [0.2, 0.25) is 0 Å². The average Bonchev–Trinajstić information content (AvgIpc) is 2.38. The van der Waals surface area contributed by atoms with Gasteiger partial charge in [-0.15, -0.1) is 0 Å². The minimum Gasteiger partial charge on any atom is -0.478 e. The van der Waals surface area contributed by atoms with Crippen molar-refractivity contribution >= 4 is 16.9 Å². The summed E-state index contributed by atoms with van der Waals surface area (Å²) >= 11 is 0. The van der Waals surface area contributed by atoms with E-state index < -0.39 is 5.97 Å². The average molecular weight is 244 g/mol. The van der Waals surface area contributed by atoms with Gasteiger partial charge in [0.25, 0.3) is 0 Å². The molecule has 1 aliphatic carbocycles. The molecule has 0 aliphatic heterocycles. The van der Waals surface area contributed by atoms with Gasteiger partial charge in [0.1, 0.15) is 11.3 Å². The number of fused-ring (bicyclic) bond motifs is 2. The Morgan fingerprint density at radius 3 is 2.78 bits per heavy atom. The minimum atomic E-state index is -1.09. The van der Waals surface area contributed by atoms with Gasteiger partial charge in [-0.3, -0.25) is 4.79 Å². The van der Waals surface area contributed by atoms with Crippen LogP contribution in [0, 0.1) is 0 Å². The summed E-state index contributed by atoms with van der Waals surface area (Å²) in [6.07, 6.45) is 3.41. The second-order valence-corrected chi connectivity index (χ2v) is 4.52.